The summed E-state index contributed by atoms with van der Waals surface area (Å²) in [6.07, 6.45) is 3.60. The molecular formula is C27H25N3O5. The Balaban J connectivity index is 1.44. The third-order valence-electron chi connectivity index (χ3n) is 6.53. The first-order valence-electron chi connectivity index (χ1n) is 11.5. The number of fused-ring (bicyclic) bond motifs is 1. The Labute approximate surface area is 202 Å². The van der Waals surface area contributed by atoms with Crippen LogP contribution in [0.5, 0.6) is 5.75 Å². The Morgan fingerprint density at radius 2 is 1.89 bits per heavy atom. The number of hydrogen-bond acceptors (Lipinski definition) is 6. The monoisotopic (exact) mass is 471 g/mol. The van der Waals surface area contributed by atoms with Crippen molar-refractivity contribution in [3.8, 4) is 16.9 Å². The molecule has 2 aromatic carbocycles. The smallest absolute Gasteiger partial charge is 0.254 e. The standard InChI is InChI=1S/C27H25N3O5/c31-19-8-6-17(7-9-19)14-22(27(34)30-13-11-24-25(30)23(32)16-35-24)29-26(33)21-15-28-12-10-20(21)18-4-2-1-3-5-18/h1-10,12,15,22,24-25,31H,11,13-14,16H2,(H,29,33). The number of ether oxygens (including phenoxy) is 1. The molecular weight excluding hydrogens is 446 g/mol. The fourth-order valence-corrected chi connectivity index (χ4v) is 4.79. The fourth-order valence-electron chi connectivity index (χ4n) is 4.79. The van der Waals surface area contributed by atoms with Crippen molar-refractivity contribution >= 4 is 17.6 Å². The number of amides is 2. The van der Waals surface area contributed by atoms with E-state index < -0.39 is 18.0 Å². The Hall–Kier alpha value is -4.04. The number of aromatic hydroxyl groups is 1. The lowest BCUT2D eigenvalue weighted by atomic mass is 10.00. The first-order valence-corrected chi connectivity index (χ1v) is 11.5. The molecule has 0 saturated carbocycles. The minimum atomic E-state index is -0.914. The highest BCUT2D eigenvalue weighted by Gasteiger charge is 2.48. The molecule has 3 heterocycles. The van der Waals surface area contributed by atoms with E-state index in [2.05, 4.69) is 10.3 Å². The van der Waals surface area contributed by atoms with Gasteiger partial charge in [-0.05, 0) is 41.3 Å². The van der Waals surface area contributed by atoms with Crippen molar-refractivity contribution in [2.24, 2.45) is 0 Å². The molecule has 0 spiro atoms. The number of carbonyl (C=O) groups is 3. The maximum absolute atomic E-state index is 13.7. The predicted molar refractivity (Wildman–Crippen MR) is 128 cm³/mol. The van der Waals surface area contributed by atoms with Gasteiger partial charge in [0.1, 0.15) is 24.4 Å². The van der Waals surface area contributed by atoms with Crippen LogP contribution in [0.2, 0.25) is 0 Å². The van der Waals surface area contributed by atoms with Crippen molar-refractivity contribution in [3.05, 3.63) is 84.2 Å². The predicted octanol–water partition coefficient (Wildman–Crippen LogP) is 2.36. The van der Waals surface area contributed by atoms with Crippen LogP contribution in [-0.4, -0.2) is 63.9 Å². The first-order chi connectivity index (χ1) is 17.0. The van der Waals surface area contributed by atoms with Crippen LogP contribution in [0, 0.1) is 0 Å². The van der Waals surface area contributed by atoms with E-state index in [0.29, 0.717) is 24.1 Å². The van der Waals surface area contributed by atoms with Gasteiger partial charge < -0.3 is 20.1 Å². The van der Waals surface area contributed by atoms with Crippen molar-refractivity contribution in [1.82, 2.24) is 15.2 Å². The minimum absolute atomic E-state index is 0.00419. The zero-order chi connectivity index (χ0) is 24.4. The summed E-state index contributed by atoms with van der Waals surface area (Å²) < 4.78 is 5.53. The molecule has 8 nitrogen and oxygen atoms in total. The van der Waals surface area contributed by atoms with Crippen LogP contribution in [0.4, 0.5) is 0 Å². The second-order valence-electron chi connectivity index (χ2n) is 8.76. The van der Waals surface area contributed by atoms with E-state index in [1.807, 2.05) is 30.3 Å². The maximum Gasteiger partial charge on any atom is 0.254 e. The van der Waals surface area contributed by atoms with Crippen LogP contribution in [0.1, 0.15) is 22.3 Å². The second kappa shape index (κ2) is 9.68. The minimum Gasteiger partial charge on any atom is -0.508 e. The summed E-state index contributed by atoms with van der Waals surface area (Å²) in [5.74, 6) is -0.768. The van der Waals surface area contributed by atoms with Gasteiger partial charge in [0, 0.05) is 25.4 Å². The number of phenols is 1. The molecule has 2 N–H and O–H groups in total. The Morgan fingerprint density at radius 3 is 2.66 bits per heavy atom. The lowest BCUT2D eigenvalue weighted by molar-refractivity contribution is -0.138. The largest absolute Gasteiger partial charge is 0.508 e. The molecule has 3 aromatic rings. The van der Waals surface area contributed by atoms with E-state index in [-0.39, 0.29) is 36.6 Å². The van der Waals surface area contributed by atoms with Crippen LogP contribution < -0.4 is 5.32 Å². The number of hydrogen-bond donors (Lipinski definition) is 2. The molecule has 2 saturated heterocycles. The fraction of sp³-hybridized carbons (Fsp3) is 0.259. The number of benzene rings is 2. The van der Waals surface area contributed by atoms with Gasteiger partial charge in [0.05, 0.1) is 11.7 Å². The molecule has 1 aromatic heterocycles. The highest BCUT2D eigenvalue weighted by Crippen LogP contribution is 2.28. The van der Waals surface area contributed by atoms with E-state index in [4.69, 9.17) is 4.74 Å². The summed E-state index contributed by atoms with van der Waals surface area (Å²) in [6.45, 7) is 0.397. The first kappa shape index (κ1) is 22.7. The van der Waals surface area contributed by atoms with Crippen molar-refractivity contribution in [1.29, 1.82) is 0 Å². The average Bonchev–Trinajstić information content (AvgIpc) is 3.48. The number of nitrogens with one attached hydrogen (secondary N) is 1. The summed E-state index contributed by atoms with van der Waals surface area (Å²) in [4.78, 5) is 45.2. The summed E-state index contributed by atoms with van der Waals surface area (Å²) in [6, 6.07) is 16.2. The summed E-state index contributed by atoms with van der Waals surface area (Å²) in [7, 11) is 0. The third-order valence-corrected chi connectivity index (χ3v) is 6.53. The van der Waals surface area contributed by atoms with Gasteiger partial charge in [0.2, 0.25) is 5.91 Å². The van der Waals surface area contributed by atoms with Crippen molar-refractivity contribution < 1.29 is 24.2 Å². The molecule has 2 aliphatic heterocycles. The van der Waals surface area contributed by atoms with E-state index >= 15 is 0 Å². The number of Topliss-reactive ketones (excluding diaryl/α,β-unsaturated/α-hetero) is 1. The van der Waals surface area contributed by atoms with Crippen molar-refractivity contribution in [3.63, 3.8) is 0 Å². The van der Waals surface area contributed by atoms with Gasteiger partial charge in [-0.3, -0.25) is 19.4 Å². The Bertz CT molecular complexity index is 1250. The molecule has 5 rings (SSSR count). The van der Waals surface area contributed by atoms with E-state index in [9.17, 15) is 19.5 Å². The number of phenolic OH excluding ortho intramolecular Hbond substituents is 1. The van der Waals surface area contributed by atoms with E-state index in [1.165, 1.54) is 23.2 Å². The number of likely N-dealkylation sites (tertiary alicyclic amines) is 1. The number of aromatic nitrogens is 1. The van der Waals surface area contributed by atoms with E-state index in [0.717, 1.165) is 11.1 Å². The summed E-state index contributed by atoms with van der Waals surface area (Å²) in [5, 5.41) is 12.5. The van der Waals surface area contributed by atoms with E-state index in [1.54, 1.807) is 24.4 Å². The number of nitrogens with zero attached hydrogens (tertiary/aromatic N) is 2. The van der Waals surface area contributed by atoms with Crippen LogP contribution in [0.3, 0.4) is 0 Å². The molecule has 8 heteroatoms. The van der Waals surface area contributed by atoms with Gasteiger partial charge in [0.15, 0.2) is 5.78 Å². The maximum atomic E-state index is 13.7. The van der Waals surface area contributed by atoms with Gasteiger partial charge in [-0.25, -0.2) is 0 Å². The molecule has 0 aliphatic carbocycles. The van der Waals surface area contributed by atoms with Crippen LogP contribution in [-0.2, 0) is 20.7 Å². The molecule has 3 unspecified atom stereocenters. The number of rotatable bonds is 6. The lowest BCUT2D eigenvalue weighted by Gasteiger charge is -2.28. The lowest BCUT2D eigenvalue weighted by Crippen LogP contribution is -2.53. The summed E-state index contributed by atoms with van der Waals surface area (Å²) in [5.41, 5.74) is 2.68. The summed E-state index contributed by atoms with van der Waals surface area (Å²) >= 11 is 0. The van der Waals surface area contributed by atoms with Crippen LogP contribution >= 0.6 is 0 Å². The third kappa shape index (κ3) is 4.65. The van der Waals surface area contributed by atoms with Crippen LogP contribution in [0.25, 0.3) is 11.1 Å². The zero-order valence-electron chi connectivity index (χ0n) is 19.0. The van der Waals surface area contributed by atoms with Gasteiger partial charge in [-0.15, -0.1) is 0 Å². The molecule has 2 amide bonds. The normalized spacial score (nSPS) is 19.9. The van der Waals surface area contributed by atoms with Crippen LogP contribution in [0.15, 0.2) is 73.1 Å². The molecule has 2 fully saturated rings. The molecule has 178 valence electrons. The quantitative estimate of drug-likeness (QED) is 0.571. The molecule has 35 heavy (non-hydrogen) atoms. The molecule has 0 bridgehead atoms. The zero-order valence-corrected chi connectivity index (χ0v) is 19.0. The second-order valence-corrected chi connectivity index (χ2v) is 8.76. The van der Waals surface area contributed by atoms with Gasteiger partial charge in [-0.1, -0.05) is 42.5 Å². The molecule has 0 radical (unpaired) electrons. The molecule has 3 atom stereocenters. The number of carbonyl (C=O) groups excluding carboxylic acids is 3. The number of ketones is 1. The Morgan fingerprint density at radius 1 is 1.11 bits per heavy atom. The number of pyridine rings is 1. The highest BCUT2D eigenvalue weighted by molar-refractivity contribution is 6.03. The molecule has 2 aliphatic rings. The highest BCUT2D eigenvalue weighted by atomic mass is 16.5. The van der Waals surface area contributed by atoms with Gasteiger partial charge in [-0.2, -0.15) is 0 Å². The van der Waals surface area contributed by atoms with Crippen molar-refractivity contribution in [2.75, 3.05) is 13.2 Å². The van der Waals surface area contributed by atoms with Gasteiger partial charge >= 0.3 is 0 Å². The Kier molecular flexibility index (Phi) is 6.29. The SMILES string of the molecule is O=C(NC(Cc1ccc(O)cc1)C(=O)N1CCC2OCC(=O)C21)c1cnccc1-c1ccccc1. The topological polar surface area (TPSA) is 109 Å². The van der Waals surface area contributed by atoms with Gasteiger partial charge in [0.25, 0.3) is 5.91 Å². The van der Waals surface area contributed by atoms with Crippen molar-refractivity contribution in [2.45, 2.75) is 31.0 Å². The average molecular weight is 472 g/mol.